The molecule has 2 aromatic rings. The van der Waals surface area contributed by atoms with Gasteiger partial charge in [-0.3, -0.25) is 9.69 Å². The Morgan fingerprint density at radius 2 is 1.93 bits per heavy atom. The van der Waals surface area contributed by atoms with Crippen molar-refractivity contribution < 1.29 is 22.4 Å². The lowest BCUT2D eigenvalue weighted by Gasteiger charge is -2.35. The van der Waals surface area contributed by atoms with Gasteiger partial charge >= 0.3 is 11.8 Å². The topological polar surface area (TPSA) is 74.6 Å². The smallest absolute Gasteiger partial charge is 0.405 e. The van der Waals surface area contributed by atoms with Crippen molar-refractivity contribution in [2.75, 3.05) is 32.7 Å². The molecule has 1 aliphatic rings. The molecule has 1 aromatic heterocycles. The number of rotatable bonds is 4. The van der Waals surface area contributed by atoms with Crippen LogP contribution < -0.4 is 16.3 Å². The number of amides is 1. The Morgan fingerprint density at radius 3 is 2.57 bits per heavy atom. The molecule has 28 heavy (non-hydrogen) atoms. The molecular formula is C18H21ClF3N3O3. The maximum atomic E-state index is 13.4. The van der Waals surface area contributed by atoms with Crippen molar-refractivity contribution in [3.8, 4) is 0 Å². The van der Waals surface area contributed by atoms with Crippen molar-refractivity contribution in [3.05, 3.63) is 45.8 Å². The highest BCUT2D eigenvalue weighted by atomic mass is 35.5. The number of piperazine rings is 1. The molecule has 1 saturated heterocycles. The molecule has 0 spiro atoms. The van der Waals surface area contributed by atoms with E-state index in [4.69, 9.17) is 4.42 Å². The fourth-order valence-corrected chi connectivity index (χ4v) is 3.29. The van der Waals surface area contributed by atoms with Gasteiger partial charge in [0.25, 0.3) is 5.91 Å². The van der Waals surface area contributed by atoms with E-state index in [1.807, 2.05) is 0 Å². The number of nitrogens with one attached hydrogen (secondary N) is 2. The first-order valence-corrected chi connectivity index (χ1v) is 8.61. The summed E-state index contributed by atoms with van der Waals surface area (Å²) in [6.07, 6.45) is -4.49. The zero-order valence-corrected chi connectivity index (χ0v) is 16.0. The number of alkyl halides is 3. The molecule has 1 atom stereocenters. The minimum Gasteiger partial charge on any atom is -0.422 e. The second kappa shape index (κ2) is 8.93. The summed E-state index contributed by atoms with van der Waals surface area (Å²) in [5, 5.41) is 5.83. The van der Waals surface area contributed by atoms with Crippen LogP contribution in [0.5, 0.6) is 0 Å². The number of halogens is 4. The van der Waals surface area contributed by atoms with E-state index in [9.17, 15) is 22.8 Å². The number of aryl methyl sites for hydroxylation is 1. The Balaban J connectivity index is 0.00000280. The summed E-state index contributed by atoms with van der Waals surface area (Å²) in [5.74, 6) is -0.864. The summed E-state index contributed by atoms with van der Waals surface area (Å²) in [6.45, 7) is 2.32. The Bertz CT molecular complexity index is 895. The molecule has 1 aromatic carbocycles. The van der Waals surface area contributed by atoms with Gasteiger partial charge < -0.3 is 15.1 Å². The van der Waals surface area contributed by atoms with Crippen molar-refractivity contribution in [2.45, 2.75) is 19.1 Å². The average molecular weight is 420 g/mol. The van der Waals surface area contributed by atoms with E-state index in [1.54, 1.807) is 31.2 Å². The molecule has 10 heteroatoms. The van der Waals surface area contributed by atoms with Crippen molar-refractivity contribution in [1.82, 2.24) is 15.5 Å². The third-order valence-corrected chi connectivity index (χ3v) is 4.73. The van der Waals surface area contributed by atoms with Crippen LogP contribution in [-0.4, -0.2) is 55.7 Å². The zero-order valence-electron chi connectivity index (χ0n) is 15.1. The maximum absolute atomic E-state index is 13.4. The monoisotopic (exact) mass is 419 g/mol. The summed E-state index contributed by atoms with van der Waals surface area (Å²) in [7, 11) is 0. The van der Waals surface area contributed by atoms with Crippen LogP contribution in [0.2, 0.25) is 0 Å². The molecule has 3 rings (SSSR count). The highest BCUT2D eigenvalue weighted by Crippen LogP contribution is 2.25. The number of carbonyl (C=O) groups is 1. The van der Waals surface area contributed by atoms with Crippen molar-refractivity contribution >= 4 is 29.3 Å². The van der Waals surface area contributed by atoms with Gasteiger partial charge in [-0.05, 0) is 18.6 Å². The van der Waals surface area contributed by atoms with E-state index in [2.05, 4.69) is 10.6 Å². The third kappa shape index (κ3) is 4.65. The quantitative estimate of drug-likeness (QED) is 0.742. The van der Waals surface area contributed by atoms with Crippen LogP contribution in [0.1, 0.15) is 15.9 Å². The van der Waals surface area contributed by atoms with Crippen LogP contribution in [0.25, 0.3) is 11.0 Å². The molecule has 2 N–H and O–H groups in total. The van der Waals surface area contributed by atoms with Crippen molar-refractivity contribution in [3.63, 3.8) is 0 Å². The minimum absolute atomic E-state index is 0. The fourth-order valence-electron chi connectivity index (χ4n) is 3.29. The maximum Gasteiger partial charge on any atom is 0.405 e. The molecule has 0 bridgehead atoms. The Hall–Kier alpha value is -2.10. The average Bonchev–Trinajstić information content (AvgIpc) is 2.61. The van der Waals surface area contributed by atoms with Crippen LogP contribution in [-0.2, 0) is 0 Å². The van der Waals surface area contributed by atoms with Gasteiger partial charge in [-0.2, -0.15) is 13.2 Å². The van der Waals surface area contributed by atoms with Gasteiger partial charge in [-0.25, -0.2) is 4.79 Å². The molecule has 1 unspecified atom stereocenters. The lowest BCUT2D eigenvalue weighted by Crippen LogP contribution is -2.57. The zero-order chi connectivity index (χ0) is 19.6. The number of hydrogen-bond donors (Lipinski definition) is 2. The van der Waals surface area contributed by atoms with Gasteiger partial charge in [0.05, 0.1) is 0 Å². The summed E-state index contributed by atoms with van der Waals surface area (Å²) < 4.78 is 45.4. The number of benzene rings is 1. The van der Waals surface area contributed by atoms with Gasteiger partial charge in [-0.15, -0.1) is 12.4 Å². The predicted octanol–water partition coefficient (Wildman–Crippen LogP) is 2.09. The summed E-state index contributed by atoms with van der Waals surface area (Å²) >= 11 is 0. The van der Waals surface area contributed by atoms with Gasteiger partial charge in [0.1, 0.15) is 17.2 Å². The molecule has 6 nitrogen and oxygen atoms in total. The number of fused-ring (bicyclic) bond motifs is 1. The SMILES string of the molecule is Cc1c(C(=O)NCC(N2CCNCC2)C(F)(F)F)c(=O)oc2ccccc12.Cl. The van der Waals surface area contributed by atoms with E-state index in [-0.39, 0.29) is 31.1 Å². The molecule has 0 saturated carbocycles. The predicted molar refractivity (Wildman–Crippen MR) is 101 cm³/mol. The first-order chi connectivity index (χ1) is 12.8. The highest BCUT2D eigenvalue weighted by Gasteiger charge is 2.44. The second-order valence-electron chi connectivity index (χ2n) is 6.44. The molecule has 154 valence electrons. The minimum atomic E-state index is -4.49. The van der Waals surface area contributed by atoms with Gasteiger partial charge in [0.15, 0.2) is 0 Å². The fraction of sp³-hybridized carbons (Fsp3) is 0.444. The van der Waals surface area contributed by atoms with E-state index in [1.165, 1.54) is 4.90 Å². The summed E-state index contributed by atoms with van der Waals surface area (Å²) in [5.41, 5.74) is -0.431. The number of nitrogens with zero attached hydrogens (tertiary/aromatic N) is 1. The van der Waals surface area contributed by atoms with Crippen LogP contribution >= 0.6 is 12.4 Å². The van der Waals surface area contributed by atoms with E-state index in [0.717, 1.165) is 0 Å². The Kier molecular flexibility index (Phi) is 7.08. The third-order valence-electron chi connectivity index (χ3n) is 4.73. The van der Waals surface area contributed by atoms with Crippen LogP contribution in [0.3, 0.4) is 0 Å². The standard InChI is InChI=1S/C18H20F3N3O3.ClH/c1-11-12-4-2-3-5-13(12)27-17(26)15(11)16(25)23-10-14(18(19,20)21)24-8-6-22-7-9-24;/h2-5,14,22H,6-10H2,1H3,(H,23,25);1H. The Morgan fingerprint density at radius 1 is 1.29 bits per heavy atom. The van der Waals surface area contributed by atoms with Gasteiger partial charge in [0, 0.05) is 38.1 Å². The molecular weight excluding hydrogens is 399 g/mol. The number of para-hydroxylation sites is 1. The van der Waals surface area contributed by atoms with E-state index in [0.29, 0.717) is 29.6 Å². The molecule has 1 fully saturated rings. The lowest BCUT2D eigenvalue weighted by atomic mass is 10.1. The van der Waals surface area contributed by atoms with Gasteiger partial charge in [-0.1, -0.05) is 18.2 Å². The molecule has 1 aliphatic heterocycles. The number of hydrogen-bond acceptors (Lipinski definition) is 5. The first-order valence-electron chi connectivity index (χ1n) is 8.61. The van der Waals surface area contributed by atoms with Crippen LogP contribution in [0, 0.1) is 6.92 Å². The lowest BCUT2D eigenvalue weighted by molar-refractivity contribution is -0.183. The van der Waals surface area contributed by atoms with Crippen molar-refractivity contribution in [2.24, 2.45) is 0 Å². The Labute approximate surface area is 165 Å². The normalized spacial score (nSPS) is 16.4. The van der Waals surface area contributed by atoms with Crippen molar-refractivity contribution in [1.29, 1.82) is 0 Å². The second-order valence-corrected chi connectivity index (χ2v) is 6.44. The van der Waals surface area contributed by atoms with Gasteiger partial charge in [0.2, 0.25) is 0 Å². The molecule has 2 heterocycles. The molecule has 0 radical (unpaired) electrons. The first kappa shape index (κ1) is 22.2. The molecule has 0 aliphatic carbocycles. The number of carbonyl (C=O) groups excluding carboxylic acids is 1. The van der Waals surface area contributed by atoms with Crippen LogP contribution in [0.15, 0.2) is 33.5 Å². The van der Waals surface area contributed by atoms with E-state index >= 15 is 0 Å². The van der Waals surface area contributed by atoms with E-state index < -0.39 is 30.3 Å². The highest BCUT2D eigenvalue weighted by molar-refractivity contribution is 5.99. The van der Waals surface area contributed by atoms with Crippen LogP contribution in [0.4, 0.5) is 13.2 Å². The molecule has 1 amide bonds. The summed E-state index contributed by atoms with van der Waals surface area (Å²) in [6, 6.07) is 4.88. The largest absolute Gasteiger partial charge is 0.422 e. The summed E-state index contributed by atoms with van der Waals surface area (Å²) in [4.78, 5) is 25.9.